The third-order valence-electron chi connectivity index (χ3n) is 5.87. The highest BCUT2D eigenvalue weighted by molar-refractivity contribution is 7.97. The standard InChI is InChI=1S/C36H40NO7S/c1-35(2,3)43-33(38)24-41-27-10-14-30(15-11-27)45(31-16-12-28(13-17-31)42-25-34(39)44-36(4,5)6)32-9-7-8-29(22-32)40-23-26-18-20-37-21-19-26/h7-22H,23-25H2,1-6H3/q+1. The zero-order valence-electron chi connectivity index (χ0n) is 26.6. The first-order valence-electron chi connectivity index (χ1n) is 14.6. The molecule has 45 heavy (non-hydrogen) atoms. The Morgan fingerprint density at radius 3 is 1.56 bits per heavy atom. The number of carbonyl (C=O) groups excluding carboxylic acids is 2. The zero-order chi connectivity index (χ0) is 32.5. The summed E-state index contributed by atoms with van der Waals surface area (Å²) in [6.07, 6.45) is 3.49. The summed E-state index contributed by atoms with van der Waals surface area (Å²) in [5.74, 6) is 1.02. The van der Waals surface area contributed by atoms with Crippen LogP contribution in [-0.2, 0) is 36.6 Å². The summed E-state index contributed by atoms with van der Waals surface area (Å²) in [6, 6.07) is 27.2. The quantitative estimate of drug-likeness (QED) is 0.120. The van der Waals surface area contributed by atoms with E-state index < -0.39 is 34.0 Å². The molecule has 9 heteroatoms. The second-order valence-corrected chi connectivity index (χ2v) is 14.1. The molecule has 4 rings (SSSR count). The maximum absolute atomic E-state index is 12.1. The Balaban J connectivity index is 1.55. The summed E-state index contributed by atoms with van der Waals surface area (Å²) in [4.78, 5) is 31.4. The van der Waals surface area contributed by atoms with Gasteiger partial charge in [0.15, 0.2) is 27.9 Å². The molecule has 0 bridgehead atoms. The second kappa shape index (κ2) is 15.0. The molecule has 8 nitrogen and oxygen atoms in total. The first-order valence-corrected chi connectivity index (χ1v) is 15.8. The maximum Gasteiger partial charge on any atom is 0.344 e. The normalized spacial score (nSPS) is 11.5. The number of nitrogens with zero attached hydrogens (tertiary/aromatic N) is 1. The predicted molar refractivity (Wildman–Crippen MR) is 173 cm³/mol. The molecule has 0 radical (unpaired) electrons. The lowest BCUT2D eigenvalue weighted by Gasteiger charge is -2.19. The van der Waals surface area contributed by atoms with Crippen molar-refractivity contribution < 1.29 is 33.3 Å². The van der Waals surface area contributed by atoms with Crippen molar-refractivity contribution in [1.82, 2.24) is 4.98 Å². The van der Waals surface area contributed by atoms with Gasteiger partial charge in [-0.05, 0) is 120 Å². The molecule has 0 aliphatic heterocycles. The molecule has 3 aromatic carbocycles. The van der Waals surface area contributed by atoms with E-state index in [1.165, 1.54) is 0 Å². The summed E-state index contributed by atoms with van der Waals surface area (Å²) in [5, 5.41) is 0. The monoisotopic (exact) mass is 630 g/mol. The van der Waals surface area contributed by atoms with Crippen LogP contribution in [0.3, 0.4) is 0 Å². The molecule has 0 spiro atoms. The van der Waals surface area contributed by atoms with Crippen molar-refractivity contribution in [3.8, 4) is 17.2 Å². The number of hydrogen-bond acceptors (Lipinski definition) is 8. The molecule has 1 aromatic heterocycles. The molecular weight excluding hydrogens is 590 g/mol. The Bertz CT molecular complexity index is 1470. The van der Waals surface area contributed by atoms with Crippen molar-refractivity contribution in [1.29, 1.82) is 0 Å². The van der Waals surface area contributed by atoms with Gasteiger partial charge in [-0.3, -0.25) is 4.98 Å². The Labute approximate surface area is 268 Å². The van der Waals surface area contributed by atoms with E-state index in [2.05, 4.69) is 11.1 Å². The third kappa shape index (κ3) is 11.2. The van der Waals surface area contributed by atoms with Crippen LogP contribution in [0.4, 0.5) is 0 Å². The molecule has 1 heterocycles. The molecule has 0 saturated heterocycles. The number of aromatic nitrogens is 1. The fourth-order valence-corrected chi connectivity index (χ4v) is 6.20. The van der Waals surface area contributed by atoms with Crippen molar-refractivity contribution in [2.24, 2.45) is 0 Å². The number of carbonyl (C=O) groups is 2. The number of hydrogen-bond donors (Lipinski definition) is 0. The minimum absolute atomic E-state index is 0.177. The number of esters is 2. The van der Waals surface area contributed by atoms with Crippen LogP contribution in [-0.4, -0.2) is 41.3 Å². The lowest BCUT2D eigenvalue weighted by Crippen LogP contribution is -2.27. The van der Waals surface area contributed by atoms with E-state index in [1.807, 2.05) is 120 Å². The van der Waals surface area contributed by atoms with Crippen LogP contribution in [0.25, 0.3) is 0 Å². The van der Waals surface area contributed by atoms with Crippen LogP contribution in [0.1, 0.15) is 47.1 Å². The van der Waals surface area contributed by atoms with Gasteiger partial charge in [-0.15, -0.1) is 0 Å². The fraction of sp³-hybridized carbons (Fsp3) is 0.306. The molecule has 0 N–H and O–H groups in total. The van der Waals surface area contributed by atoms with Crippen LogP contribution >= 0.6 is 0 Å². The van der Waals surface area contributed by atoms with Crippen molar-refractivity contribution in [2.75, 3.05) is 13.2 Å². The van der Waals surface area contributed by atoms with Gasteiger partial charge in [0.1, 0.15) is 35.1 Å². The second-order valence-electron chi connectivity index (χ2n) is 12.1. The Kier molecular flexibility index (Phi) is 11.1. The van der Waals surface area contributed by atoms with Crippen LogP contribution in [0.15, 0.2) is 112 Å². The summed E-state index contributed by atoms with van der Waals surface area (Å²) in [6.45, 7) is 11.0. The van der Waals surface area contributed by atoms with E-state index in [4.69, 9.17) is 23.7 Å². The summed E-state index contributed by atoms with van der Waals surface area (Å²) in [7, 11) is -0.526. The van der Waals surface area contributed by atoms with E-state index in [0.717, 1.165) is 26.0 Å². The largest absolute Gasteiger partial charge is 0.489 e. The van der Waals surface area contributed by atoms with E-state index in [0.29, 0.717) is 18.1 Å². The summed E-state index contributed by atoms with van der Waals surface area (Å²) in [5.41, 5.74) is -0.129. The molecular formula is C36H40NO7S+. The topological polar surface area (TPSA) is 93.2 Å². The van der Waals surface area contributed by atoms with Crippen LogP contribution in [0.2, 0.25) is 0 Å². The highest BCUT2D eigenvalue weighted by Crippen LogP contribution is 2.35. The lowest BCUT2D eigenvalue weighted by molar-refractivity contribution is -0.158. The van der Waals surface area contributed by atoms with E-state index in [1.54, 1.807) is 12.4 Å². The van der Waals surface area contributed by atoms with Gasteiger partial charge in [0, 0.05) is 18.5 Å². The van der Waals surface area contributed by atoms with E-state index in [9.17, 15) is 9.59 Å². The lowest BCUT2D eigenvalue weighted by atomic mass is 10.2. The molecule has 0 atom stereocenters. The van der Waals surface area contributed by atoms with Gasteiger partial charge in [0.2, 0.25) is 0 Å². The highest BCUT2D eigenvalue weighted by Gasteiger charge is 2.30. The average molecular weight is 631 g/mol. The first-order chi connectivity index (χ1) is 21.3. The Hall–Kier alpha value is -4.50. The number of ether oxygens (including phenoxy) is 5. The molecule has 0 saturated carbocycles. The van der Waals surface area contributed by atoms with Gasteiger partial charge in [-0.1, -0.05) is 6.07 Å². The van der Waals surface area contributed by atoms with Gasteiger partial charge >= 0.3 is 11.9 Å². The van der Waals surface area contributed by atoms with E-state index in [-0.39, 0.29) is 13.2 Å². The highest BCUT2D eigenvalue weighted by atomic mass is 32.2. The number of benzene rings is 3. The van der Waals surface area contributed by atoms with Crippen LogP contribution in [0, 0.1) is 0 Å². The van der Waals surface area contributed by atoms with Gasteiger partial charge in [0.25, 0.3) is 0 Å². The van der Waals surface area contributed by atoms with Crippen molar-refractivity contribution >= 4 is 22.8 Å². The maximum atomic E-state index is 12.1. The minimum atomic E-state index is -0.578. The predicted octanol–water partition coefficient (Wildman–Crippen LogP) is 7.20. The third-order valence-corrected chi connectivity index (χ3v) is 8.08. The van der Waals surface area contributed by atoms with Gasteiger partial charge in [0.05, 0.1) is 10.9 Å². The van der Waals surface area contributed by atoms with Crippen LogP contribution in [0.5, 0.6) is 17.2 Å². The molecule has 0 aliphatic rings. The molecule has 0 unspecified atom stereocenters. The number of rotatable bonds is 12. The molecule has 0 aliphatic carbocycles. The Morgan fingerprint density at radius 2 is 1.09 bits per heavy atom. The van der Waals surface area contributed by atoms with Gasteiger partial charge in [-0.2, -0.15) is 0 Å². The number of pyridine rings is 1. The molecule has 0 fully saturated rings. The van der Waals surface area contributed by atoms with Crippen molar-refractivity contribution in [3.05, 3.63) is 103 Å². The molecule has 236 valence electrons. The summed E-state index contributed by atoms with van der Waals surface area (Å²) >= 11 is 0. The van der Waals surface area contributed by atoms with E-state index >= 15 is 0 Å². The Morgan fingerprint density at radius 1 is 0.600 bits per heavy atom. The fourth-order valence-electron chi connectivity index (χ4n) is 4.12. The van der Waals surface area contributed by atoms with Crippen LogP contribution < -0.4 is 14.2 Å². The van der Waals surface area contributed by atoms with Gasteiger partial charge < -0.3 is 23.7 Å². The minimum Gasteiger partial charge on any atom is -0.489 e. The smallest absolute Gasteiger partial charge is 0.344 e. The van der Waals surface area contributed by atoms with Crippen molar-refractivity contribution in [2.45, 2.75) is 74.0 Å². The average Bonchev–Trinajstić information content (AvgIpc) is 2.98. The first kappa shape index (κ1) is 33.4. The van der Waals surface area contributed by atoms with Crippen molar-refractivity contribution in [3.63, 3.8) is 0 Å². The molecule has 4 aromatic rings. The summed E-state index contributed by atoms with van der Waals surface area (Å²) < 4.78 is 28.2. The zero-order valence-corrected chi connectivity index (χ0v) is 27.4. The van der Waals surface area contributed by atoms with Gasteiger partial charge in [-0.25, -0.2) is 9.59 Å². The molecule has 0 amide bonds. The SMILES string of the molecule is CC(C)(C)OC(=O)COc1ccc([S+](c2ccc(OCC(=O)OC(C)(C)C)cc2)c2cccc(OCc3ccncc3)c2)cc1.